The summed E-state index contributed by atoms with van der Waals surface area (Å²) in [6.45, 7) is 2.13. The first-order valence-corrected chi connectivity index (χ1v) is 9.16. The van der Waals surface area contributed by atoms with Gasteiger partial charge in [0.2, 0.25) is 0 Å². The quantitative estimate of drug-likeness (QED) is 0.817. The number of nitrogens with zero attached hydrogens (tertiary/aromatic N) is 1. The van der Waals surface area contributed by atoms with Crippen molar-refractivity contribution in [2.24, 2.45) is 0 Å². The molecule has 4 heteroatoms. The van der Waals surface area contributed by atoms with Crippen molar-refractivity contribution >= 4 is 23.4 Å². The Hall–Kier alpha value is -1.19. The molecule has 2 aromatic rings. The topological polar surface area (TPSA) is 22.0 Å². The van der Waals surface area contributed by atoms with Crippen LogP contribution >= 0.6 is 23.4 Å². The maximum atomic E-state index is 12.5. The third-order valence-electron chi connectivity index (χ3n) is 4.56. The highest BCUT2D eigenvalue weighted by Crippen LogP contribution is 2.48. The number of aromatic nitrogens is 1. The van der Waals surface area contributed by atoms with Gasteiger partial charge >= 0.3 is 0 Å². The largest absolute Gasteiger partial charge is 0.299 e. The number of benzene rings is 1. The molecule has 4 rings (SSSR count). The Morgan fingerprint density at radius 2 is 2.05 bits per heavy atom. The summed E-state index contributed by atoms with van der Waals surface area (Å²) in [5, 5.41) is 2.00. The van der Waals surface area contributed by atoms with Crippen LogP contribution in [0.2, 0.25) is 5.02 Å². The smallest absolute Gasteiger partial charge is 0.251 e. The molecule has 0 spiro atoms. The summed E-state index contributed by atoms with van der Waals surface area (Å²) in [7, 11) is 0. The number of fused-ring (bicyclic) bond motifs is 1. The van der Waals surface area contributed by atoms with Crippen molar-refractivity contribution in [2.75, 3.05) is 5.75 Å². The van der Waals surface area contributed by atoms with E-state index in [1.54, 1.807) is 0 Å². The number of thioether (sulfide) groups is 1. The highest BCUT2D eigenvalue weighted by molar-refractivity contribution is 7.99. The van der Waals surface area contributed by atoms with E-state index in [0.717, 1.165) is 22.8 Å². The predicted molar refractivity (Wildman–Crippen MR) is 92.4 cm³/mol. The molecule has 1 atom stereocenters. The van der Waals surface area contributed by atoms with Crippen molar-refractivity contribution < 1.29 is 0 Å². The fraction of sp³-hybridized carbons (Fsp3) is 0.389. The van der Waals surface area contributed by atoms with Crippen molar-refractivity contribution in [1.82, 2.24) is 4.57 Å². The van der Waals surface area contributed by atoms with Crippen molar-refractivity contribution in [1.29, 1.82) is 0 Å². The summed E-state index contributed by atoms with van der Waals surface area (Å²) in [6, 6.07) is 10.1. The van der Waals surface area contributed by atoms with E-state index in [2.05, 4.69) is 13.0 Å². The highest BCUT2D eigenvalue weighted by Gasteiger charge is 2.34. The van der Waals surface area contributed by atoms with Gasteiger partial charge in [0.25, 0.3) is 5.56 Å². The third kappa shape index (κ3) is 2.40. The Labute approximate surface area is 139 Å². The average Bonchev–Trinajstić information content (AvgIpc) is 3.24. The van der Waals surface area contributed by atoms with Gasteiger partial charge in [-0.25, -0.2) is 0 Å². The lowest BCUT2D eigenvalue weighted by molar-refractivity contribution is 0.554. The summed E-state index contributed by atoms with van der Waals surface area (Å²) in [5.74, 6) is 1.64. The van der Waals surface area contributed by atoms with E-state index in [4.69, 9.17) is 11.6 Å². The van der Waals surface area contributed by atoms with Crippen LogP contribution in [0, 0.1) is 0 Å². The van der Waals surface area contributed by atoms with Crippen molar-refractivity contribution in [2.45, 2.75) is 43.2 Å². The van der Waals surface area contributed by atoms with Gasteiger partial charge in [-0.2, -0.15) is 0 Å². The molecule has 1 aliphatic heterocycles. The zero-order valence-electron chi connectivity index (χ0n) is 12.5. The maximum Gasteiger partial charge on any atom is 0.251 e. The zero-order chi connectivity index (χ0) is 15.3. The van der Waals surface area contributed by atoms with Crippen LogP contribution in [-0.2, 0) is 6.42 Å². The van der Waals surface area contributed by atoms with Gasteiger partial charge in [-0.15, -0.1) is 11.8 Å². The summed E-state index contributed by atoms with van der Waals surface area (Å²) in [5.41, 5.74) is 3.83. The molecule has 114 valence electrons. The summed E-state index contributed by atoms with van der Waals surface area (Å²) >= 11 is 8.16. The molecule has 1 fully saturated rings. The van der Waals surface area contributed by atoms with Crippen LogP contribution in [0.4, 0.5) is 0 Å². The standard InChI is InChI=1S/C18H18ClNOS/c1-11-10-22-18-17(12-6-7-12)14(9-16(21)20(11)18)8-13-4-2-3-5-15(13)19/h2-5,9,11-12H,6-8,10H2,1H3/t11-/m1/s1. The van der Waals surface area contributed by atoms with Gasteiger partial charge in [-0.05, 0) is 54.9 Å². The lowest BCUT2D eigenvalue weighted by atomic mass is 9.98. The normalized spacial score (nSPS) is 20.2. The zero-order valence-corrected chi connectivity index (χ0v) is 14.1. The second-order valence-corrected chi connectivity index (χ2v) is 7.72. The monoisotopic (exact) mass is 331 g/mol. The molecule has 1 aromatic heterocycles. The molecule has 1 saturated carbocycles. The summed E-state index contributed by atoms with van der Waals surface area (Å²) < 4.78 is 1.99. The van der Waals surface area contributed by atoms with Crippen LogP contribution in [-0.4, -0.2) is 10.3 Å². The van der Waals surface area contributed by atoms with E-state index < -0.39 is 0 Å². The van der Waals surface area contributed by atoms with E-state index >= 15 is 0 Å². The van der Waals surface area contributed by atoms with Gasteiger partial charge in [0, 0.05) is 22.9 Å². The molecular weight excluding hydrogens is 314 g/mol. The minimum Gasteiger partial charge on any atom is -0.299 e. The molecule has 0 N–H and O–H groups in total. The van der Waals surface area contributed by atoms with Crippen LogP contribution in [0.3, 0.4) is 0 Å². The van der Waals surface area contributed by atoms with E-state index in [9.17, 15) is 4.79 Å². The third-order valence-corrected chi connectivity index (χ3v) is 6.26. The lowest BCUT2D eigenvalue weighted by Gasteiger charge is -2.16. The lowest BCUT2D eigenvalue weighted by Crippen LogP contribution is -2.23. The predicted octanol–water partition coefficient (Wildman–Crippen LogP) is 4.64. The Bertz CT molecular complexity index is 794. The van der Waals surface area contributed by atoms with Gasteiger partial charge in [-0.1, -0.05) is 29.8 Å². The molecule has 0 saturated heterocycles. The molecule has 0 bridgehead atoms. The van der Waals surface area contributed by atoms with Gasteiger partial charge < -0.3 is 0 Å². The van der Waals surface area contributed by atoms with E-state index in [0.29, 0.717) is 12.0 Å². The van der Waals surface area contributed by atoms with Crippen LogP contribution < -0.4 is 5.56 Å². The number of hydrogen-bond donors (Lipinski definition) is 0. The van der Waals surface area contributed by atoms with Crippen LogP contribution in [0.15, 0.2) is 40.2 Å². The number of rotatable bonds is 3. The Morgan fingerprint density at radius 3 is 2.77 bits per heavy atom. The van der Waals surface area contributed by atoms with E-state index in [1.807, 2.05) is 40.6 Å². The van der Waals surface area contributed by atoms with Gasteiger partial charge in [0.15, 0.2) is 0 Å². The molecule has 1 aromatic carbocycles. The van der Waals surface area contributed by atoms with Crippen molar-refractivity contribution in [3.63, 3.8) is 0 Å². The minimum absolute atomic E-state index is 0.138. The first-order chi connectivity index (χ1) is 10.6. The molecule has 2 aliphatic rings. The van der Waals surface area contributed by atoms with E-state index in [-0.39, 0.29) is 5.56 Å². The molecule has 0 unspecified atom stereocenters. The van der Waals surface area contributed by atoms with Crippen LogP contribution in [0.25, 0.3) is 0 Å². The first kappa shape index (κ1) is 14.4. The minimum atomic E-state index is 0.138. The molecule has 0 amide bonds. The molecule has 1 aliphatic carbocycles. The number of halogens is 1. The Kier molecular flexibility index (Phi) is 3.58. The summed E-state index contributed by atoms with van der Waals surface area (Å²) in [4.78, 5) is 12.5. The van der Waals surface area contributed by atoms with Gasteiger partial charge in [0.1, 0.15) is 0 Å². The Balaban J connectivity index is 1.85. The number of hydrogen-bond acceptors (Lipinski definition) is 2. The molecule has 2 nitrogen and oxygen atoms in total. The van der Waals surface area contributed by atoms with Gasteiger partial charge in [-0.3, -0.25) is 9.36 Å². The summed E-state index contributed by atoms with van der Waals surface area (Å²) in [6.07, 6.45) is 3.24. The van der Waals surface area contributed by atoms with Crippen molar-refractivity contribution in [3.8, 4) is 0 Å². The van der Waals surface area contributed by atoms with Gasteiger partial charge in [0.05, 0.1) is 5.03 Å². The maximum absolute atomic E-state index is 12.5. The second kappa shape index (κ2) is 5.47. The first-order valence-electron chi connectivity index (χ1n) is 7.79. The SMILES string of the molecule is C[C@@H]1CSc2c(C3CC3)c(Cc3ccccc3Cl)cc(=O)n21. The van der Waals surface area contributed by atoms with Crippen LogP contribution in [0.5, 0.6) is 0 Å². The highest BCUT2D eigenvalue weighted by atomic mass is 35.5. The second-order valence-electron chi connectivity index (χ2n) is 6.30. The molecular formula is C18H18ClNOS. The fourth-order valence-electron chi connectivity index (χ4n) is 3.30. The molecule has 2 heterocycles. The number of pyridine rings is 1. The molecule has 0 radical (unpaired) electrons. The van der Waals surface area contributed by atoms with Crippen LogP contribution in [0.1, 0.15) is 48.4 Å². The molecule has 22 heavy (non-hydrogen) atoms. The fourth-order valence-corrected chi connectivity index (χ4v) is 4.92. The van der Waals surface area contributed by atoms with E-state index in [1.165, 1.54) is 29.0 Å². The average molecular weight is 332 g/mol. The Morgan fingerprint density at radius 1 is 1.27 bits per heavy atom. The van der Waals surface area contributed by atoms with Crippen molar-refractivity contribution in [3.05, 3.63) is 62.4 Å².